The molecule has 1 fully saturated rings. The molecule has 4 aliphatic rings. The molecule has 2 aromatic rings. The molecule has 1 aromatic carbocycles. The quantitative estimate of drug-likeness (QED) is 0.233. The van der Waals surface area contributed by atoms with E-state index in [9.17, 15) is 39.6 Å². The normalized spacial score (nSPS) is 19.4. The minimum absolute atomic E-state index is 0.00201. The van der Waals surface area contributed by atoms with Crippen LogP contribution in [0.4, 0.5) is 5.69 Å². The monoisotopic (exact) mass is 632 g/mol. The molecule has 4 N–H and O–H groups in total. The van der Waals surface area contributed by atoms with E-state index in [2.05, 4.69) is 4.99 Å². The SMILES string of the molecule is O=C(O)CN1C(=O)C(=CC(=C2Sc3cc4c(cc3N2CC(=O)O)OCO4)C2CC2)N=C1c1sc(=S)n(CC(=O)O)c1O. The Labute approximate surface area is 249 Å². The third kappa shape index (κ3) is 4.99. The number of amidine groups is 1. The van der Waals surface area contributed by atoms with Crippen LogP contribution in [0, 0.1) is 9.87 Å². The molecule has 218 valence electrons. The molecule has 0 atom stereocenters. The summed E-state index contributed by atoms with van der Waals surface area (Å²) >= 11 is 7.30. The van der Waals surface area contributed by atoms with Crippen LogP contribution in [0.2, 0.25) is 0 Å². The third-order valence-electron chi connectivity index (χ3n) is 6.65. The number of fused-ring (bicyclic) bond motifs is 2. The Kier molecular flexibility index (Phi) is 6.94. The van der Waals surface area contributed by atoms with Crippen LogP contribution in [0.15, 0.2) is 44.4 Å². The summed E-state index contributed by atoms with van der Waals surface area (Å²) in [6.07, 6.45) is 3.09. The van der Waals surface area contributed by atoms with Crippen molar-refractivity contribution in [3.05, 3.63) is 43.3 Å². The maximum atomic E-state index is 13.5. The van der Waals surface area contributed by atoms with E-state index in [1.54, 1.807) is 17.0 Å². The van der Waals surface area contributed by atoms with Crippen molar-refractivity contribution in [3.8, 4) is 17.4 Å². The van der Waals surface area contributed by atoms with Crippen molar-refractivity contribution >= 4 is 70.7 Å². The van der Waals surface area contributed by atoms with Crippen LogP contribution in [0.1, 0.15) is 17.7 Å². The number of anilines is 1. The second-order valence-corrected chi connectivity index (χ2v) is 12.2. The van der Waals surface area contributed by atoms with Gasteiger partial charge in [0, 0.05) is 17.0 Å². The highest BCUT2D eigenvalue weighted by molar-refractivity contribution is 8.03. The second-order valence-electron chi connectivity index (χ2n) is 9.54. The number of thioether (sulfide) groups is 1. The molecule has 17 heteroatoms. The molecule has 4 heterocycles. The lowest BCUT2D eigenvalue weighted by atomic mass is 10.1. The number of hydrogen-bond acceptors (Lipinski definition) is 12. The molecule has 0 bridgehead atoms. The van der Waals surface area contributed by atoms with Gasteiger partial charge in [-0.25, -0.2) is 4.99 Å². The Hall–Kier alpha value is -4.35. The fraction of sp³-hybridized carbons (Fsp3) is 0.280. The van der Waals surface area contributed by atoms with Crippen molar-refractivity contribution in [3.63, 3.8) is 0 Å². The number of carboxylic acid groups (broad SMARTS) is 3. The molecule has 42 heavy (non-hydrogen) atoms. The number of amides is 1. The lowest BCUT2D eigenvalue weighted by Gasteiger charge is -2.21. The van der Waals surface area contributed by atoms with Gasteiger partial charge in [0.2, 0.25) is 12.7 Å². The number of carbonyl (C=O) groups is 4. The van der Waals surface area contributed by atoms with Gasteiger partial charge in [0.1, 0.15) is 30.2 Å². The van der Waals surface area contributed by atoms with E-state index in [1.165, 1.54) is 17.8 Å². The average Bonchev–Trinajstić information content (AvgIpc) is 3.35. The van der Waals surface area contributed by atoms with Crippen molar-refractivity contribution in [1.82, 2.24) is 9.47 Å². The first-order chi connectivity index (χ1) is 20.0. The van der Waals surface area contributed by atoms with Crippen molar-refractivity contribution < 1.29 is 49.1 Å². The van der Waals surface area contributed by atoms with Crippen molar-refractivity contribution in [1.29, 1.82) is 0 Å². The van der Waals surface area contributed by atoms with E-state index in [0.29, 0.717) is 27.8 Å². The van der Waals surface area contributed by atoms with Crippen molar-refractivity contribution in [2.75, 3.05) is 24.8 Å². The van der Waals surface area contributed by atoms with Gasteiger partial charge in [-0.3, -0.25) is 28.6 Å². The van der Waals surface area contributed by atoms with Crippen LogP contribution in [-0.2, 0) is 25.7 Å². The fourth-order valence-electron chi connectivity index (χ4n) is 4.70. The molecule has 0 saturated heterocycles. The van der Waals surface area contributed by atoms with Crippen LogP contribution >= 0.6 is 35.3 Å². The number of aliphatic imine (C=N–C) groups is 1. The minimum Gasteiger partial charge on any atom is -0.493 e. The van der Waals surface area contributed by atoms with Gasteiger partial charge in [-0.1, -0.05) is 23.1 Å². The highest BCUT2D eigenvalue weighted by Crippen LogP contribution is 2.55. The Morgan fingerprint density at radius 3 is 2.31 bits per heavy atom. The fourth-order valence-corrected chi connectivity index (χ4v) is 7.25. The highest BCUT2D eigenvalue weighted by Gasteiger charge is 2.40. The maximum Gasteiger partial charge on any atom is 0.323 e. The number of aromatic hydroxyl groups is 1. The van der Waals surface area contributed by atoms with Gasteiger partial charge in [0.05, 0.1) is 10.7 Å². The Balaban J connectivity index is 1.46. The predicted octanol–water partition coefficient (Wildman–Crippen LogP) is 2.67. The molecule has 1 aromatic heterocycles. The van der Waals surface area contributed by atoms with Gasteiger partial charge in [0.25, 0.3) is 5.91 Å². The zero-order valence-corrected chi connectivity index (χ0v) is 23.8. The van der Waals surface area contributed by atoms with Crippen molar-refractivity contribution in [2.24, 2.45) is 10.9 Å². The number of thiazole rings is 1. The number of aliphatic carboxylic acids is 3. The van der Waals surface area contributed by atoms with Gasteiger partial charge in [0.15, 0.2) is 21.3 Å². The van der Waals surface area contributed by atoms with Crippen LogP contribution in [0.3, 0.4) is 0 Å². The van der Waals surface area contributed by atoms with Crippen LogP contribution < -0.4 is 14.4 Å². The topological polar surface area (TPSA) is 191 Å². The first-order valence-corrected chi connectivity index (χ1v) is 14.4. The highest BCUT2D eigenvalue weighted by atomic mass is 32.2. The maximum absolute atomic E-state index is 13.5. The zero-order valence-electron chi connectivity index (χ0n) is 21.3. The standard InChI is InChI=1S/C25H20N4O10S3/c30-17(31)6-27-13-4-14-15(39-9-38-14)5-16(13)41-24(27)11(10-1-2-10)3-12-22(36)28(7-18(32)33)21(26-12)20-23(37)29(8-19(34)35)25(40)42-20/h3-5,10,37H,1-2,6-9H2,(H,30,31)(H,32,33)(H,34,35). The number of hydrogen-bond donors (Lipinski definition) is 4. The Bertz CT molecular complexity index is 1740. The summed E-state index contributed by atoms with van der Waals surface area (Å²) in [5.74, 6) is -4.14. The average molecular weight is 633 g/mol. The van der Waals surface area contributed by atoms with Crippen LogP contribution in [0.5, 0.6) is 17.4 Å². The molecule has 6 rings (SSSR count). The van der Waals surface area contributed by atoms with Gasteiger partial charge in [-0.15, -0.1) is 0 Å². The molecule has 1 saturated carbocycles. The Morgan fingerprint density at radius 1 is 1.02 bits per heavy atom. The first-order valence-electron chi connectivity index (χ1n) is 12.4. The first kappa shape index (κ1) is 27.8. The number of rotatable bonds is 9. The molecule has 14 nitrogen and oxygen atoms in total. The number of carbonyl (C=O) groups excluding carboxylic acids is 1. The largest absolute Gasteiger partial charge is 0.493 e. The molecule has 1 aliphatic carbocycles. The summed E-state index contributed by atoms with van der Waals surface area (Å²) in [5.41, 5.74) is 1.14. The number of carboxylic acids is 3. The zero-order chi connectivity index (χ0) is 29.9. The van der Waals surface area contributed by atoms with E-state index in [1.807, 2.05) is 0 Å². The van der Waals surface area contributed by atoms with E-state index < -0.39 is 42.8 Å². The number of ether oxygens (including phenoxy) is 2. The van der Waals surface area contributed by atoms with Gasteiger partial charge in [-0.05, 0) is 42.6 Å². The smallest absolute Gasteiger partial charge is 0.323 e. The summed E-state index contributed by atoms with van der Waals surface area (Å²) in [4.78, 5) is 55.9. The lowest BCUT2D eigenvalue weighted by Crippen LogP contribution is -2.37. The summed E-state index contributed by atoms with van der Waals surface area (Å²) < 4.78 is 11.9. The van der Waals surface area contributed by atoms with Crippen LogP contribution in [-0.4, -0.2) is 79.4 Å². The Morgan fingerprint density at radius 2 is 1.67 bits per heavy atom. The second kappa shape index (κ2) is 10.5. The van der Waals surface area contributed by atoms with E-state index in [4.69, 9.17) is 21.7 Å². The number of aromatic nitrogens is 1. The number of allylic oxidation sites excluding steroid dienone is 2. The van der Waals surface area contributed by atoms with Crippen molar-refractivity contribution in [2.45, 2.75) is 24.3 Å². The summed E-state index contributed by atoms with van der Waals surface area (Å²) in [6, 6.07) is 3.48. The molecule has 0 radical (unpaired) electrons. The molecule has 0 spiro atoms. The number of nitrogens with zero attached hydrogens (tertiary/aromatic N) is 4. The molecule has 1 amide bonds. The molecule has 3 aliphatic heterocycles. The van der Waals surface area contributed by atoms with Gasteiger partial charge < -0.3 is 34.8 Å². The predicted molar refractivity (Wildman–Crippen MR) is 150 cm³/mol. The summed E-state index contributed by atoms with van der Waals surface area (Å²) in [7, 11) is 0. The summed E-state index contributed by atoms with van der Waals surface area (Å²) in [5, 5.41) is 39.7. The number of benzene rings is 1. The van der Waals surface area contributed by atoms with E-state index >= 15 is 0 Å². The minimum atomic E-state index is -1.34. The van der Waals surface area contributed by atoms with Crippen LogP contribution in [0.25, 0.3) is 0 Å². The molecular formula is C25H20N4O10S3. The third-order valence-corrected chi connectivity index (χ3v) is 9.28. The summed E-state index contributed by atoms with van der Waals surface area (Å²) in [6.45, 7) is -1.72. The van der Waals surface area contributed by atoms with E-state index in [0.717, 1.165) is 38.5 Å². The molecule has 0 unspecified atom stereocenters. The van der Waals surface area contributed by atoms with Gasteiger partial charge >= 0.3 is 17.9 Å². The van der Waals surface area contributed by atoms with Gasteiger partial charge in [-0.2, -0.15) is 0 Å². The molecular weight excluding hydrogens is 612 g/mol. The van der Waals surface area contributed by atoms with E-state index in [-0.39, 0.29) is 39.6 Å². The lowest BCUT2D eigenvalue weighted by molar-refractivity contribution is -0.140.